The minimum Gasteiger partial charge on any atom is -0.363 e. The molecule has 22 heavy (non-hydrogen) atoms. The molecule has 4 rings (SSSR count). The summed E-state index contributed by atoms with van der Waals surface area (Å²) in [5, 5.41) is 3.06. The number of ether oxygens (including phenoxy) is 1. The Labute approximate surface area is 131 Å². The number of fused-ring (bicyclic) bond motifs is 1. The van der Waals surface area contributed by atoms with Gasteiger partial charge in [-0.3, -0.25) is 9.69 Å². The van der Waals surface area contributed by atoms with E-state index in [1.165, 1.54) is 18.4 Å². The first-order chi connectivity index (χ1) is 10.8. The lowest BCUT2D eigenvalue weighted by Gasteiger charge is -2.22. The van der Waals surface area contributed by atoms with E-state index in [1.54, 1.807) is 0 Å². The number of nitrogens with zero attached hydrogens (tertiary/aromatic N) is 1. The molecule has 0 aromatic heterocycles. The van der Waals surface area contributed by atoms with Gasteiger partial charge in [0.2, 0.25) is 5.91 Å². The van der Waals surface area contributed by atoms with Gasteiger partial charge in [-0.2, -0.15) is 0 Å². The molecule has 2 heterocycles. The highest BCUT2D eigenvalue weighted by molar-refractivity contribution is 5.81. The standard InChI is InChI=1S/C18H24N2O2/c21-18(19-11-13-6-7-13)17-10-15-16(22-17)8-9-20(15)12-14-4-2-1-3-5-14/h1-5,13,15-17H,6-12H2,(H,19,21)/t15-,16-,17+/m0/s1. The Hall–Kier alpha value is -1.39. The van der Waals surface area contributed by atoms with Crippen molar-refractivity contribution in [2.75, 3.05) is 13.1 Å². The van der Waals surface area contributed by atoms with Gasteiger partial charge in [-0.25, -0.2) is 0 Å². The van der Waals surface area contributed by atoms with Crippen molar-refractivity contribution in [2.24, 2.45) is 5.92 Å². The van der Waals surface area contributed by atoms with E-state index in [0.717, 1.165) is 38.4 Å². The monoisotopic (exact) mass is 300 g/mol. The summed E-state index contributed by atoms with van der Waals surface area (Å²) in [5.74, 6) is 0.820. The molecular weight excluding hydrogens is 276 g/mol. The second-order valence-electron chi connectivity index (χ2n) is 6.90. The van der Waals surface area contributed by atoms with E-state index in [1.807, 2.05) is 0 Å². The molecule has 0 bridgehead atoms. The molecule has 4 nitrogen and oxygen atoms in total. The lowest BCUT2D eigenvalue weighted by atomic mass is 10.1. The molecule has 4 heteroatoms. The van der Waals surface area contributed by atoms with Gasteiger partial charge in [-0.15, -0.1) is 0 Å². The fraction of sp³-hybridized carbons (Fsp3) is 0.611. The first-order valence-electron chi connectivity index (χ1n) is 8.51. The molecule has 1 N–H and O–H groups in total. The molecule has 0 radical (unpaired) electrons. The molecule has 2 aliphatic heterocycles. The van der Waals surface area contributed by atoms with Crippen LogP contribution in [-0.2, 0) is 16.1 Å². The Kier molecular flexibility index (Phi) is 3.89. The van der Waals surface area contributed by atoms with Crippen LogP contribution in [0.15, 0.2) is 30.3 Å². The number of amides is 1. The summed E-state index contributed by atoms with van der Waals surface area (Å²) in [6.07, 6.45) is 4.41. The van der Waals surface area contributed by atoms with Crippen LogP contribution in [0.2, 0.25) is 0 Å². The first-order valence-corrected chi connectivity index (χ1v) is 8.51. The third kappa shape index (κ3) is 3.03. The number of nitrogens with one attached hydrogen (secondary N) is 1. The number of hydrogen-bond acceptors (Lipinski definition) is 3. The highest BCUT2D eigenvalue weighted by atomic mass is 16.5. The molecule has 3 aliphatic rings. The van der Waals surface area contributed by atoms with Crippen molar-refractivity contribution in [1.82, 2.24) is 10.2 Å². The van der Waals surface area contributed by atoms with E-state index in [9.17, 15) is 4.79 Å². The zero-order chi connectivity index (χ0) is 14.9. The van der Waals surface area contributed by atoms with Crippen molar-refractivity contribution >= 4 is 5.91 Å². The molecule has 1 amide bonds. The topological polar surface area (TPSA) is 41.6 Å². The molecular formula is C18H24N2O2. The van der Waals surface area contributed by atoms with Gasteiger partial charge in [0.25, 0.3) is 0 Å². The van der Waals surface area contributed by atoms with E-state index in [-0.39, 0.29) is 18.1 Å². The molecule has 3 atom stereocenters. The molecule has 0 unspecified atom stereocenters. The van der Waals surface area contributed by atoms with Gasteiger partial charge < -0.3 is 10.1 Å². The van der Waals surface area contributed by atoms with Crippen molar-refractivity contribution in [3.8, 4) is 0 Å². The van der Waals surface area contributed by atoms with Crippen LogP contribution in [0.5, 0.6) is 0 Å². The molecule has 0 spiro atoms. The van der Waals surface area contributed by atoms with Gasteiger partial charge >= 0.3 is 0 Å². The number of likely N-dealkylation sites (tertiary alicyclic amines) is 1. The van der Waals surface area contributed by atoms with Gasteiger partial charge in [0.15, 0.2) is 0 Å². The van der Waals surface area contributed by atoms with Crippen LogP contribution >= 0.6 is 0 Å². The molecule has 3 fully saturated rings. The fourth-order valence-electron chi connectivity index (χ4n) is 3.70. The predicted octanol–water partition coefficient (Wildman–Crippen LogP) is 1.94. The maximum Gasteiger partial charge on any atom is 0.249 e. The summed E-state index contributed by atoms with van der Waals surface area (Å²) >= 11 is 0. The van der Waals surface area contributed by atoms with Crippen molar-refractivity contribution in [3.05, 3.63) is 35.9 Å². The van der Waals surface area contributed by atoms with Crippen LogP contribution in [0.4, 0.5) is 0 Å². The van der Waals surface area contributed by atoms with Crippen molar-refractivity contribution in [3.63, 3.8) is 0 Å². The second-order valence-corrected chi connectivity index (χ2v) is 6.90. The van der Waals surface area contributed by atoms with Crippen LogP contribution in [0.3, 0.4) is 0 Å². The van der Waals surface area contributed by atoms with Gasteiger partial charge in [0, 0.05) is 32.1 Å². The molecule has 118 valence electrons. The number of benzene rings is 1. The smallest absolute Gasteiger partial charge is 0.249 e. The van der Waals surface area contributed by atoms with E-state index < -0.39 is 0 Å². The Bertz CT molecular complexity index is 529. The molecule has 1 aliphatic carbocycles. The average molecular weight is 300 g/mol. The second kappa shape index (κ2) is 6.01. The zero-order valence-corrected chi connectivity index (χ0v) is 12.9. The fourth-order valence-corrected chi connectivity index (χ4v) is 3.70. The van der Waals surface area contributed by atoms with Gasteiger partial charge in [-0.1, -0.05) is 30.3 Å². The summed E-state index contributed by atoms with van der Waals surface area (Å²) < 4.78 is 6.01. The number of hydrogen-bond donors (Lipinski definition) is 1. The molecule has 2 saturated heterocycles. The highest BCUT2D eigenvalue weighted by Crippen LogP contribution is 2.34. The predicted molar refractivity (Wildman–Crippen MR) is 84.3 cm³/mol. The Morgan fingerprint density at radius 1 is 1.23 bits per heavy atom. The first kappa shape index (κ1) is 14.2. The number of carbonyl (C=O) groups excluding carboxylic acids is 1. The number of rotatable bonds is 5. The van der Waals surface area contributed by atoms with E-state index in [4.69, 9.17) is 4.74 Å². The third-order valence-electron chi connectivity index (χ3n) is 5.18. The van der Waals surface area contributed by atoms with E-state index in [0.29, 0.717) is 6.04 Å². The quantitative estimate of drug-likeness (QED) is 0.903. The Balaban J connectivity index is 1.33. The van der Waals surface area contributed by atoms with Crippen LogP contribution in [0.1, 0.15) is 31.2 Å². The maximum atomic E-state index is 12.2. The Morgan fingerprint density at radius 2 is 2.05 bits per heavy atom. The van der Waals surface area contributed by atoms with Crippen LogP contribution in [0.25, 0.3) is 0 Å². The summed E-state index contributed by atoms with van der Waals surface area (Å²) in [4.78, 5) is 14.7. The average Bonchev–Trinajstić information content (AvgIpc) is 3.16. The van der Waals surface area contributed by atoms with Gasteiger partial charge in [-0.05, 0) is 30.7 Å². The summed E-state index contributed by atoms with van der Waals surface area (Å²) in [7, 11) is 0. The zero-order valence-electron chi connectivity index (χ0n) is 12.9. The molecule has 1 aromatic carbocycles. The SMILES string of the molecule is O=C(NCC1CC1)[C@H]1C[C@H]2[C@H](CCN2Cc2ccccc2)O1. The van der Waals surface area contributed by atoms with E-state index >= 15 is 0 Å². The van der Waals surface area contributed by atoms with E-state index in [2.05, 4.69) is 40.5 Å². The van der Waals surface area contributed by atoms with Crippen molar-refractivity contribution in [2.45, 2.75) is 50.5 Å². The van der Waals surface area contributed by atoms with Crippen molar-refractivity contribution < 1.29 is 9.53 Å². The minimum absolute atomic E-state index is 0.0981. The summed E-state index contributed by atoms with van der Waals surface area (Å²) in [6.45, 7) is 2.87. The molecule has 1 saturated carbocycles. The number of carbonyl (C=O) groups is 1. The lowest BCUT2D eigenvalue weighted by molar-refractivity contribution is -0.132. The minimum atomic E-state index is -0.243. The molecule has 1 aromatic rings. The third-order valence-corrected chi connectivity index (χ3v) is 5.18. The summed E-state index contributed by atoms with van der Waals surface area (Å²) in [6, 6.07) is 11.0. The highest BCUT2D eigenvalue weighted by Gasteiger charge is 2.45. The summed E-state index contributed by atoms with van der Waals surface area (Å²) in [5.41, 5.74) is 1.34. The largest absolute Gasteiger partial charge is 0.363 e. The lowest BCUT2D eigenvalue weighted by Crippen LogP contribution is -2.37. The van der Waals surface area contributed by atoms with Gasteiger partial charge in [0.1, 0.15) is 6.10 Å². The van der Waals surface area contributed by atoms with Crippen molar-refractivity contribution in [1.29, 1.82) is 0 Å². The maximum absolute atomic E-state index is 12.2. The normalized spacial score (nSPS) is 31.2. The van der Waals surface area contributed by atoms with Crippen LogP contribution < -0.4 is 5.32 Å². The van der Waals surface area contributed by atoms with Crippen LogP contribution in [-0.4, -0.2) is 42.1 Å². The Morgan fingerprint density at radius 3 is 2.82 bits per heavy atom. The van der Waals surface area contributed by atoms with Gasteiger partial charge in [0.05, 0.1) is 6.10 Å². The van der Waals surface area contributed by atoms with Crippen LogP contribution in [0, 0.1) is 5.92 Å².